The van der Waals surface area contributed by atoms with E-state index in [1.54, 1.807) is 18.7 Å². The number of hydrogen-bond acceptors (Lipinski definition) is 6. The minimum absolute atomic E-state index is 0.735. The Morgan fingerprint density at radius 3 is 2.48 bits per heavy atom. The minimum Gasteiger partial charge on any atom is -0.463 e. The van der Waals surface area contributed by atoms with Crippen molar-refractivity contribution in [1.82, 2.24) is 24.5 Å². The summed E-state index contributed by atoms with van der Waals surface area (Å²) in [5.41, 5.74) is 3.55. The summed E-state index contributed by atoms with van der Waals surface area (Å²) in [4.78, 5) is 13.9. The Morgan fingerprint density at radius 1 is 0.966 bits per heavy atom. The maximum absolute atomic E-state index is 5.67. The first-order valence-corrected chi connectivity index (χ1v) is 10.0. The number of rotatable bonds is 3. The highest BCUT2D eigenvalue weighted by atomic mass is 16.3. The highest BCUT2D eigenvalue weighted by Gasteiger charge is 2.39. The standard InChI is InChI=1S/C22H22N6O/c1-26-11-16-13-27(14-17(16)12-26)20-5-4-19-24-21(18-3-2-10-29-18)22(28(19)25-20)15-6-8-23-9-7-15/h2-10,16-17H,11-14H2,1H3. The fraction of sp³-hybridized carbons (Fsp3) is 0.318. The molecule has 0 radical (unpaired) electrons. The van der Waals surface area contributed by atoms with E-state index < -0.39 is 0 Å². The summed E-state index contributed by atoms with van der Waals surface area (Å²) in [6.45, 7) is 4.49. The van der Waals surface area contributed by atoms with Gasteiger partial charge in [-0.15, -0.1) is 5.10 Å². The number of anilines is 1. The van der Waals surface area contributed by atoms with Gasteiger partial charge in [-0.2, -0.15) is 0 Å². The minimum atomic E-state index is 0.735. The molecule has 4 aromatic rings. The summed E-state index contributed by atoms with van der Waals surface area (Å²) < 4.78 is 7.61. The van der Waals surface area contributed by atoms with Crippen LogP contribution in [0.3, 0.4) is 0 Å². The number of furan rings is 1. The topological polar surface area (TPSA) is 62.7 Å². The van der Waals surface area contributed by atoms with Gasteiger partial charge in [0.2, 0.25) is 0 Å². The van der Waals surface area contributed by atoms with E-state index in [1.165, 1.54) is 13.1 Å². The lowest BCUT2D eigenvalue weighted by Gasteiger charge is -2.20. The fourth-order valence-corrected chi connectivity index (χ4v) is 4.86. The van der Waals surface area contributed by atoms with Crippen LogP contribution in [0, 0.1) is 11.8 Å². The van der Waals surface area contributed by atoms with Crippen molar-refractivity contribution in [3.8, 4) is 22.7 Å². The molecule has 0 aliphatic carbocycles. The molecular weight excluding hydrogens is 364 g/mol. The fourth-order valence-electron chi connectivity index (χ4n) is 4.86. The number of imidazole rings is 1. The quantitative estimate of drug-likeness (QED) is 0.539. The predicted molar refractivity (Wildman–Crippen MR) is 111 cm³/mol. The van der Waals surface area contributed by atoms with Gasteiger partial charge in [0.25, 0.3) is 0 Å². The van der Waals surface area contributed by atoms with Crippen LogP contribution in [0.25, 0.3) is 28.4 Å². The van der Waals surface area contributed by atoms with E-state index in [-0.39, 0.29) is 0 Å². The first-order chi connectivity index (χ1) is 14.3. The smallest absolute Gasteiger partial charge is 0.155 e. The molecule has 7 heteroatoms. The third-order valence-corrected chi connectivity index (χ3v) is 6.16. The van der Waals surface area contributed by atoms with Crippen molar-refractivity contribution in [2.75, 3.05) is 38.1 Å². The molecule has 2 saturated heterocycles. The normalized spacial score (nSPS) is 21.9. The first kappa shape index (κ1) is 16.7. The third kappa shape index (κ3) is 2.73. The van der Waals surface area contributed by atoms with E-state index in [2.05, 4.69) is 34.0 Å². The Hall–Kier alpha value is -3.19. The second-order valence-corrected chi connectivity index (χ2v) is 8.13. The van der Waals surface area contributed by atoms with Gasteiger partial charge in [0.05, 0.1) is 6.26 Å². The van der Waals surface area contributed by atoms with Crippen molar-refractivity contribution in [2.45, 2.75) is 0 Å². The van der Waals surface area contributed by atoms with Crippen LogP contribution in [-0.2, 0) is 0 Å². The van der Waals surface area contributed by atoms with Crippen LogP contribution in [0.5, 0.6) is 0 Å². The van der Waals surface area contributed by atoms with Gasteiger partial charge in [0.15, 0.2) is 11.4 Å². The molecule has 146 valence electrons. The Labute approximate surface area is 168 Å². The maximum atomic E-state index is 5.67. The molecule has 0 amide bonds. The van der Waals surface area contributed by atoms with E-state index in [1.807, 2.05) is 28.8 Å². The average molecular weight is 386 g/mol. The molecule has 0 bridgehead atoms. The van der Waals surface area contributed by atoms with E-state index in [0.717, 1.165) is 59.1 Å². The van der Waals surface area contributed by atoms with Crippen molar-refractivity contribution < 1.29 is 4.42 Å². The van der Waals surface area contributed by atoms with Crippen LogP contribution in [0.15, 0.2) is 59.5 Å². The Kier molecular flexibility index (Phi) is 3.70. The Bertz CT molecular complexity index is 1140. The first-order valence-electron chi connectivity index (χ1n) is 10.0. The van der Waals surface area contributed by atoms with Crippen LogP contribution in [-0.4, -0.2) is 57.7 Å². The van der Waals surface area contributed by atoms with Gasteiger partial charge in [-0.3, -0.25) is 4.98 Å². The molecule has 2 aliphatic rings. The zero-order valence-electron chi connectivity index (χ0n) is 16.3. The molecule has 2 aliphatic heterocycles. The summed E-state index contributed by atoms with van der Waals surface area (Å²) >= 11 is 0. The van der Waals surface area contributed by atoms with Crippen LogP contribution < -0.4 is 4.90 Å². The molecule has 29 heavy (non-hydrogen) atoms. The zero-order chi connectivity index (χ0) is 19.4. The van der Waals surface area contributed by atoms with E-state index in [9.17, 15) is 0 Å². The Morgan fingerprint density at radius 2 is 1.76 bits per heavy atom. The van der Waals surface area contributed by atoms with Crippen LogP contribution in [0.2, 0.25) is 0 Å². The lowest BCUT2D eigenvalue weighted by atomic mass is 10.0. The number of hydrogen-bond donors (Lipinski definition) is 0. The summed E-state index contributed by atoms with van der Waals surface area (Å²) in [6, 6.07) is 11.9. The molecule has 2 unspecified atom stereocenters. The van der Waals surface area contributed by atoms with Gasteiger partial charge >= 0.3 is 0 Å². The van der Waals surface area contributed by atoms with Crippen molar-refractivity contribution in [1.29, 1.82) is 0 Å². The van der Waals surface area contributed by atoms with Crippen molar-refractivity contribution >= 4 is 11.5 Å². The summed E-state index contributed by atoms with van der Waals surface area (Å²) in [6.07, 6.45) is 5.26. The van der Waals surface area contributed by atoms with Gasteiger partial charge < -0.3 is 14.2 Å². The predicted octanol–water partition coefficient (Wildman–Crippen LogP) is 3.05. The number of aromatic nitrogens is 4. The van der Waals surface area contributed by atoms with Crippen LogP contribution in [0.1, 0.15) is 0 Å². The van der Waals surface area contributed by atoms with Crippen molar-refractivity contribution in [3.05, 3.63) is 55.1 Å². The van der Waals surface area contributed by atoms with Gasteiger partial charge in [-0.25, -0.2) is 9.50 Å². The second-order valence-electron chi connectivity index (χ2n) is 8.13. The molecular formula is C22H22N6O. The highest BCUT2D eigenvalue weighted by Crippen LogP contribution is 2.35. The van der Waals surface area contributed by atoms with Gasteiger partial charge in [-0.1, -0.05) is 0 Å². The number of pyridine rings is 1. The summed E-state index contributed by atoms with van der Waals surface area (Å²) in [5.74, 6) is 3.22. The highest BCUT2D eigenvalue weighted by molar-refractivity contribution is 5.79. The summed E-state index contributed by atoms with van der Waals surface area (Å²) in [5, 5.41) is 5.01. The molecule has 2 atom stereocenters. The van der Waals surface area contributed by atoms with E-state index in [0.29, 0.717) is 0 Å². The summed E-state index contributed by atoms with van der Waals surface area (Å²) in [7, 11) is 2.22. The van der Waals surface area contributed by atoms with Gasteiger partial charge in [0, 0.05) is 44.1 Å². The average Bonchev–Trinajstić information content (AvgIpc) is 3.50. The van der Waals surface area contributed by atoms with E-state index in [4.69, 9.17) is 14.5 Å². The SMILES string of the molecule is CN1CC2CN(c3ccc4nc(-c5ccco5)c(-c5ccncc5)n4n3)CC2C1. The molecule has 0 saturated carbocycles. The van der Waals surface area contributed by atoms with Crippen molar-refractivity contribution in [3.63, 3.8) is 0 Å². The van der Waals surface area contributed by atoms with E-state index >= 15 is 0 Å². The van der Waals surface area contributed by atoms with Gasteiger partial charge in [0.1, 0.15) is 17.2 Å². The van der Waals surface area contributed by atoms with Crippen LogP contribution in [0.4, 0.5) is 5.82 Å². The zero-order valence-corrected chi connectivity index (χ0v) is 16.3. The monoisotopic (exact) mass is 386 g/mol. The van der Waals surface area contributed by atoms with Gasteiger partial charge in [-0.05, 0) is 55.3 Å². The molecule has 6 rings (SSSR count). The molecule has 6 heterocycles. The molecule has 7 nitrogen and oxygen atoms in total. The molecule has 0 spiro atoms. The Balaban J connectivity index is 1.47. The third-order valence-electron chi connectivity index (χ3n) is 6.16. The number of nitrogens with zero attached hydrogens (tertiary/aromatic N) is 6. The molecule has 0 aromatic carbocycles. The molecule has 4 aromatic heterocycles. The molecule has 2 fully saturated rings. The number of fused-ring (bicyclic) bond motifs is 2. The maximum Gasteiger partial charge on any atom is 0.155 e. The molecule has 0 N–H and O–H groups in total. The lowest BCUT2D eigenvalue weighted by molar-refractivity contribution is 0.386. The lowest BCUT2D eigenvalue weighted by Crippen LogP contribution is -2.27. The largest absolute Gasteiger partial charge is 0.463 e. The van der Waals surface area contributed by atoms with Crippen molar-refractivity contribution in [2.24, 2.45) is 11.8 Å². The van der Waals surface area contributed by atoms with Crippen LogP contribution >= 0.6 is 0 Å². The second kappa shape index (κ2) is 6.42. The number of likely N-dealkylation sites (tertiary alicyclic amines) is 1.